The van der Waals surface area contributed by atoms with Crippen molar-refractivity contribution in [3.63, 3.8) is 0 Å². The maximum atomic E-state index is 11.5. The fourth-order valence-electron chi connectivity index (χ4n) is 2.11. The van der Waals surface area contributed by atoms with Gasteiger partial charge in [-0.05, 0) is 24.8 Å². The van der Waals surface area contributed by atoms with Gasteiger partial charge in [0.15, 0.2) is 9.84 Å². The minimum atomic E-state index is -2.86. The molecule has 1 aromatic rings. The molecule has 1 fully saturated rings. The third kappa shape index (κ3) is 3.28. The van der Waals surface area contributed by atoms with E-state index in [1.54, 1.807) is 11.3 Å². The summed E-state index contributed by atoms with van der Waals surface area (Å²) in [6, 6.07) is 3.92. The molecule has 0 amide bonds. The molecule has 6 heteroatoms. The van der Waals surface area contributed by atoms with Crippen molar-refractivity contribution >= 4 is 21.2 Å². The van der Waals surface area contributed by atoms with E-state index in [1.807, 2.05) is 24.4 Å². The van der Waals surface area contributed by atoms with Gasteiger partial charge < -0.3 is 11.1 Å². The first-order valence-electron chi connectivity index (χ1n) is 5.65. The van der Waals surface area contributed by atoms with Crippen molar-refractivity contribution in [2.45, 2.75) is 24.9 Å². The second kappa shape index (κ2) is 4.68. The number of nitrogens with one attached hydrogen (secondary N) is 1. The van der Waals surface area contributed by atoms with Crippen LogP contribution in [-0.4, -0.2) is 32.0 Å². The van der Waals surface area contributed by atoms with Gasteiger partial charge in [-0.3, -0.25) is 0 Å². The number of thiophene rings is 1. The Morgan fingerprint density at radius 2 is 2.41 bits per heavy atom. The molecule has 2 heterocycles. The van der Waals surface area contributed by atoms with Crippen molar-refractivity contribution < 1.29 is 8.42 Å². The summed E-state index contributed by atoms with van der Waals surface area (Å²) in [6.07, 6.45) is 0.673. The van der Waals surface area contributed by atoms with Gasteiger partial charge in [-0.15, -0.1) is 11.3 Å². The summed E-state index contributed by atoms with van der Waals surface area (Å²) in [6.45, 7) is 2.57. The maximum absolute atomic E-state index is 11.5. The number of hydrogen-bond acceptors (Lipinski definition) is 5. The van der Waals surface area contributed by atoms with E-state index in [2.05, 4.69) is 5.32 Å². The first-order valence-corrected chi connectivity index (χ1v) is 8.35. The van der Waals surface area contributed by atoms with E-state index in [4.69, 9.17) is 5.73 Å². The third-order valence-electron chi connectivity index (χ3n) is 3.16. The van der Waals surface area contributed by atoms with Gasteiger partial charge in [0.2, 0.25) is 0 Å². The van der Waals surface area contributed by atoms with E-state index in [0.717, 1.165) is 4.88 Å². The van der Waals surface area contributed by atoms with Gasteiger partial charge in [-0.25, -0.2) is 8.42 Å². The molecule has 1 aliphatic heterocycles. The van der Waals surface area contributed by atoms with Crippen molar-refractivity contribution in [3.8, 4) is 0 Å². The zero-order valence-electron chi connectivity index (χ0n) is 9.85. The van der Waals surface area contributed by atoms with Crippen LogP contribution in [-0.2, 0) is 9.84 Å². The highest BCUT2D eigenvalue weighted by Gasteiger charge is 2.38. The summed E-state index contributed by atoms with van der Waals surface area (Å²) in [5.74, 6) is 0.502. The van der Waals surface area contributed by atoms with Gasteiger partial charge in [0.25, 0.3) is 0 Å². The standard InChI is InChI=1S/C11H18N2O2S2/c1-11(4-6-17(14,15)8-11)13-7-9(12)10-3-2-5-16-10/h2-3,5,9,13H,4,6-8,12H2,1H3. The predicted molar refractivity (Wildman–Crippen MR) is 70.9 cm³/mol. The Labute approximate surface area is 106 Å². The summed E-state index contributed by atoms with van der Waals surface area (Å²) < 4.78 is 22.9. The number of rotatable bonds is 4. The minimum Gasteiger partial charge on any atom is -0.322 e. The highest BCUT2D eigenvalue weighted by Crippen LogP contribution is 2.24. The molecule has 4 nitrogen and oxygen atoms in total. The number of sulfone groups is 1. The molecule has 17 heavy (non-hydrogen) atoms. The molecule has 0 radical (unpaired) electrons. The fourth-order valence-corrected chi connectivity index (χ4v) is 4.96. The SMILES string of the molecule is CC1(NCC(N)c2cccs2)CCS(=O)(=O)C1. The first kappa shape index (κ1) is 13.0. The Hall–Kier alpha value is -0.430. The van der Waals surface area contributed by atoms with Crippen LogP contribution in [0, 0.1) is 0 Å². The smallest absolute Gasteiger partial charge is 0.152 e. The molecule has 0 aliphatic carbocycles. The molecule has 0 aromatic carbocycles. The second-order valence-corrected chi connectivity index (χ2v) is 8.07. The van der Waals surface area contributed by atoms with E-state index in [0.29, 0.717) is 13.0 Å². The van der Waals surface area contributed by atoms with E-state index < -0.39 is 9.84 Å². The van der Waals surface area contributed by atoms with E-state index in [1.165, 1.54) is 0 Å². The van der Waals surface area contributed by atoms with Gasteiger partial charge in [0.05, 0.1) is 17.5 Å². The quantitative estimate of drug-likeness (QED) is 0.856. The molecular formula is C11H18N2O2S2. The topological polar surface area (TPSA) is 72.2 Å². The van der Waals surface area contributed by atoms with Crippen LogP contribution in [0.3, 0.4) is 0 Å². The van der Waals surface area contributed by atoms with Crippen molar-refractivity contribution in [1.82, 2.24) is 5.32 Å². The zero-order valence-corrected chi connectivity index (χ0v) is 11.5. The van der Waals surface area contributed by atoms with Crippen molar-refractivity contribution in [3.05, 3.63) is 22.4 Å². The van der Waals surface area contributed by atoms with E-state index in [-0.39, 0.29) is 23.1 Å². The van der Waals surface area contributed by atoms with Gasteiger partial charge in [-0.2, -0.15) is 0 Å². The highest BCUT2D eigenvalue weighted by atomic mass is 32.2. The number of hydrogen-bond donors (Lipinski definition) is 2. The molecule has 2 atom stereocenters. The lowest BCUT2D eigenvalue weighted by Crippen LogP contribution is -2.46. The van der Waals surface area contributed by atoms with Crippen LogP contribution in [0.2, 0.25) is 0 Å². The lowest BCUT2D eigenvalue weighted by molar-refractivity contribution is 0.384. The lowest BCUT2D eigenvalue weighted by Gasteiger charge is -2.25. The van der Waals surface area contributed by atoms with Gasteiger partial charge in [0.1, 0.15) is 0 Å². The molecule has 1 aliphatic rings. The average Bonchev–Trinajstić information content (AvgIpc) is 2.84. The predicted octanol–water partition coefficient (Wildman–Crippen LogP) is 0.915. The Morgan fingerprint density at radius 1 is 1.65 bits per heavy atom. The van der Waals surface area contributed by atoms with E-state index >= 15 is 0 Å². The van der Waals surface area contributed by atoms with Gasteiger partial charge in [0, 0.05) is 17.0 Å². The van der Waals surface area contributed by atoms with Gasteiger partial charge >= 0.3 is 0 Å². The summed E-state index contributed by atoms with van der Waals surface area (Å²) in [7, 11) is -2.86. The monoisotopic (exact) mass is 274 g/mol. The molecular weight excluding hydrogens is 256 g/mol. The summed E-state index contributed by atoms with van der Waals surface area (Å²) in [5, 5.41) is 5.30. The van der Waals surface area contributed by atoms with Crippen molar-refractivity contribution in [2.75, 3.05) is 18.1 Å². The fraction of sp³-hybridized carbons (Fsp3) is 0.636. The Morgan fingerprint density at radius 3 is 2.94 bits per heavy atom. The molecule has 0 spiro atoms. The molecule has 1 aromatic heterocycles. The third-order valence-corrected chi connectivity index (χ3v) is 6.07. The molecule has 1 saturated heterocycles. The molecule has 96 valence electrons. The molecule has 0 saturated carbocycles. The molecule has 2 rings (SSSR count). The normalized spacial score (nSPS) is 29.3. The Bertz CT molecular complexity index is 470. The average molecular weight is 274 g/mol. The zero-order chi connectivity index (χ0) is 12.5. The summed E-state index contributed by atoms with van der Waals surface area (Å²) in [4.78, 5) is 1.13. The molecule has 0 bridgehead atoms. The number of nitrogens with two attached hydrogens (primary N) is 1. The largest absolute Gasteiger partial charge is 0.322 e. The van der Waals surface area contributed by atoms with Crippen LogP contribution in [0.1, 0.15) is 24.3 Å². The van der Waals surface area contributed by atoms with Gasteiger partial charge in [-0.1, -0.05) is 6.07 Å². The van der Waals surface area contributed by atoms with E-state index in [9.17, 15) is 8.42 Å². The van der Waals surface area contributed by atoms with Crippen molar-refractivity contribution in [1.29, 1.82) is 0 Å². The molecule has 2 unspecified atom stereocenters. The van der Waals surface area contributed by atoms with Crippen molar-refractivity contribution in [2.24, 2.45) is 5.73 Å². The first-order chi connectivity index (χ1) is 7.90. The Kier molecular flexibility index (Phi) is 3.58. The minimum absolute atomic E-state index is 0.0601. The molecule has 3 N–H and O–H groups in total. The highest BCUT2D eigenvalue weighted by molar-refractivity contribution is 7.91. The van der Waals surface area contributed by atoms with Crippen LogP contribution in [0.5, 0.6) is 0 Å². The van der Waals surface area contributed by atoms with Crippen LogP contribution < -0.4 is 11.1 Å². The Balaban J connectivity index is 1.91. The van der Waals surface area contributed by atoms with Crippen LogP contribution in [0.25, 0.3) is 0 Å². The lowest BCUT2D eigenvalue weighted by atomic mass is 10.0. The van der Waals surface area contributed by atoms with Crippen LogP contribution >= 0.6 is 11.3 Å². The summed E-state index contributed by atoms with van der Waals surface area (Å²) in [5.41, 5.74) is 5.73. The maximum Gasteiger partial charge on any atom is 0.152 e. The van der Waals surface area contributed by atoms with Crippen LogP contribution in [0.15, 0.2) is 17.5 Å². The second-order valence-electron chi connectivity index (χ2n) is 4.91. The summed E-state index contributed by atoms with van der Waals surface area (Å²) >= 11 is 1.63. The van der Waals surface area contributed by atoms with Crippen LogP contribution in [0.4, 0.5) is 0 Å².